The molecule has 5 saturated carbocycles. The van der Waals surface area contributed by atoms with E-state index >= 15 is 0 Å². The van der Waals surface area contributed by atoms with E-state index in [9.17, 15) is 60.7 Å². The van der Waals surface area contributed by atoms with Crippen LogP contribution < -0.4 is 0 Å². The van der Waals surface area contributed by atoms with Crippen molar-refractivity contribution in [1.29, 1.82) is 0 Å². The fourth-order valence-corrected chi connectivity index (χ4v) is 16.6. The van der Waals surface area contributed by atoms with Gasteiger partial charge in [0, 0.05) is 11.3 Å². The van der Waals surface area contributed by atoms with Crippen molar-refractivity contribution in [3.05, 3.63) is 0 Å². The maximum absolute atomic E-state index is 14.2. The SMILES string of the molecule is CC1(C)CC[C@@]23CC[C@]4(C)[C@@](OC2=O)([C@@H]3C1)[C@H]1O[C@H]1[C@@H]1[C@@]2(C)CC[C@H](O[C@@H]3O[C@H](C(=O)O)[C@@H](O)[C@H](O[C@@H]5O[C@H](CO)[C@H](O)[C@H](O)[C@H]5O)[C@H]3O[C@@H]3O[C@H](CO)[C@@H](O)[C@H](O)[C@H]3O)C(C)(C)[C@@H]2CC[C@]14C. The topological polar surface area (TPSA) is 314 Å². The molecule has 0 aromatic heterocycles. The number of carboxylic acid groups (broad SMARTS) is 1. The van der Waals surface area contributed by atoms with Gasteiger partial charge in [0.2, 0.25) is 0 Å². The Kier molecular flexibility index (Phi) is 12.0. The number of epoxide rings is 1. The molecular weight excluding hydrogens is 897 g/mol. The lowest BCUT2D eigenvalue weighted by Gasteiger charge is -2.72. The van der Waals surface area contributed by atoms with E-state index in [4.69, 9.17) is 37.9 Å². The third-order valence-electron chi connectivity index (χ3n) is 20.5. The molecule has 20 heteroatoms. The monoisotopic (exact) mass is 970 g/mol. The van der Waals surface area contributed by atoms with Gasteiger partial charge in [-0.1, -0.05) is 48.5 Å². The van der Waals surface area contributed by atoms with Crippen LogP contribution in [-0.2, 0) is 47.5 Å². The van der Waals surface area contributed by atoms with Gasteiger partial charge in [0.1, 0.15) is 73.2 Å². The first kappa shape index (κ1) is 49.9. The molecule has 0 radical (unpaired) electrons. The average molecular weight is 971 g/mol. The predicted octanol–water partition coefficient (Wildman–Crippen LogP) is -0.540. The van der Waals surface area contributed by atoms with Crippen molar-refractivity contribution in [1.82, 2.24) is 0 Å². The Morgan fingerprint density at radius 2 is 1.22 bits per heavy atom. The number of esters is 1. The van der Waals surface area contributed by atoms with E-state index in [1.165, 1.54) is 0 Å². The molecule has 10 fully saturated rings. The van der Waals surface area contributed by atoms with Gasteiger partial charge in [-0.15, -0.1) is 0 Å². The van der Waals surface area contributed by atoms with Crippen molar-refractivity contribution in [2.24, 2.45) is 50.2 Å². The Morgan fingerprint density at radius 1 is 0.632 bits per heavy atom. The molecule has 68 heavy (non-hydrogen) atoms. The summed E-state index contributed by atoms with van der Waals surface area (Å²) < 4.78 is 50.4. The number of carbonyl (C=O) groups excluding carboxylic acids is 1. The van der Waals surface area contributed by atoms with Crippen LogP contribution in [0.1, 0.15) is 106 Å². The number of aliphatic carboxylic acids is 1. The van der Waals surface area contributed by atoms with E-state index in [0.29, 0.717) is 12.8 Å². The molecular formula is C48H74O20. The molecule has 5 saturated heterocycles. The number of hydrogen-bond acceptors (Lipinski definition) is 19. The maximum Gasteiger partial charge on any atom is 0.335 e. The molecule has 5 aliphatic carbocycles. The number of carboxylic acids is 1. The molecule has 2 bridgehead atoms. The lowest BCUT2D eigenvalue weighted by Crippen LogP contribution is -2.75. The van der Waals surface area contributed by atoms with Crippen LogP contribution in [0.4, 0.5) is 0 Å². The molecule has 10 N–H and O–H groups in total. The molecule has 386 valence electrons. The highest BCUT2D eigenvalue weighted by molar-refractivity contribution is 5.82. The van der Waals surface area contributed by atoms with Crippen molar-refractivity contribution in [3.8, 4) is 0 Å². The summed E-state index contributed by atoms with van der Waals surface area (Å²) in [5.74, 6) is -1.51. The van der Waals surface area contributed by atoms with Crippen molar-refractivity contribution in [2.45, 2.75) is 222 Å². The summed E-state index contributed by atoms with van der Waals surface area (Å²) in [6, 6.07) is 0. The summed E-state index contributed by atoms with van der Waals surface area (Å²) in [5, 5.41) is 107. The van der Waals surface area contributed by atoms with E-state index in [-0.39, 0.29) is 57.6 Å². The van der Waals surface area contributed by atoms with Crippen LogP contribution >= 0.6 is 0 Å². The zero-order valence-electron chi connectivity index (χ0n) is 40.0. The minimum atomic E-state index is -2.13. The summed E-state index contributed by atoms with van der Waals surface area (Å²) in [4.78, 5) is 27.1. The number of aliphatic hydroxyl groups excluding tert-OH is 9. The Balaban J connectivity index is 0.965. The van der Waals surface area contributed by atoms with Crippen molar-refractivity contribution in [3.63, 3.8) is 0 Å². The van der Waals surface area contributed by atoms with E-state index in [1.54, 1.807) is 0 Å². The largest absolute Gasteiger partial charge is 0.479 e. The normalized spacial score (nSPS) is 57.6. The first-order chi connectivity index (χ1) is 31.8. The van der Waals surface area contributed by atoms with Gasteiger partial charge in [0.05, 0.1) is 30.8 Å². The third kappa shape index (κ3) is 6.69. The van der Waals surface area contributed by atoms with Gasteiger partial charge in [0.25, 0.3) is 0 Å². The van der Waals surface area contributed by atoms with Crippen LogP contribution in [0.15, 0.2) is 0 Å². The van der Waals surface area contributed by atoms with Gasteiger partial charge in [-0.3, -0.25) is 4.79 Å². The van der Waals surface area contributed by atoms with E-state index in [2.05, 4.69) is 48.5 Å². The van der Waals surface area contributed by atoms with Crippen LogP contribution in [0.3, 0.4) is 0 Å². The highest BCUT2D eigenvalue weighted by atomic mass is 16.8. The lowest BCUT2D eigenvalue weighted by molar-refractivity contribution is -0.396. The summed E-state index contributed by atoms with van der Waals surface area (Å²) in [6.45, 7) is 14.3. The second-order valence-electron chi connectivity index (χ2n) is 24.4. The summed E-state index contributed by atoms with van der Waals surface area (Å²) in [5.41, 5.74) is -2.74. The Hall–Kier alpha value is -1.70. The van der Waals surface area contributed by atoms with E-state index in [0.717, 1.165) is 44.9 Å². The van der Waals surface area contributed by atoms with Gasteiger partial charge in [-0.25, -0.2) is 4.79 Å². The molecule has 1 spiro atoms. The van der Waals surface area contributed by atoms with Crippen LogP contribution in [0.5, 0.6) is 0 Å². The Bertz CT molecular complexity index is 1970. The van der Waals surface area contributed by atoms with Crippen molar-refractivity contribution >= 4 is 11.9 Å². The number of fused-ring (bicyclic) bond motifs is 6. The first-order valence-electron chi connectivity index (χ1n) is 24.8. The standard InChI is InChI=1S/C48H74O20/c1-42(2)12-14-47-15-13-46(7)45(6)11-8-21-43(3,4)23(9-10-44(21,5)35(45)34-36(64-34)48(46,22(47)16-42)68-41(47)60)63-40-33(67-39-29(56)27(54)25(52)20(18-50)62-39)31(30(57)32(66-40)37(58)59)65-38-28(55)26(53)24(51)19(17-49)61-38/h19-36,38-40,49-57H,8-18H2,1-7H3,(H,58,59)/t19-,20-,21+,22-,23+,24+,25-,26+,27+,28-,29-,30+,31+,32+,33-,34+,35-,36+,38+,39+,40-,44+,45-,46+,47+,48-/m1/s1. The van der Waals surface area contributed by atoms with Gasteiger partial charge in [0.15, 0.2) is 30.6 Å². The third-order valence-corrected chi connectivity index (χ3v) is 20.5. The number of carbonyl (C=O) groups is 2. The van der Waals surface area contributed by atoms with Gasteiger partial charge < -0.3 is 89.0 Å². The lowest BCUT2D eigenvalue weighted by atomic mass is 9.31. The van der Waals surface area contributed by atoms with Crippen LogP contribution in [-0.4, -0.2) is 192 Å². The van der Waals surface area contributed by atoms with Gasteiger partial charge in [-0.2, -0.15) is 0 Å². The number of aliphatic hydroxyl groups is 9. The molecule has 5 aliphatic heterocycles. The minimum Gasteiger partial charge on any atom is -0.479 e. The van der Waals surface area contributed by atoms with Crippen molar-refractivity contribution < 1.29 is 98.5 Å². The smallest absolute Gasteiger partial charge is 0.335 e. The number of rotatable bonds is 9. The predicted molar refractivity (Wildman–Crippen MR) is 228 cm³/mol. The fourth-order valence-electron chi connectivity index (χ4n) is 16.6. The molecule has 10 rings (SSSR count). The molecule has 0 aromatic carbocycles. The summed E-state index contributed by atoms with van der Waals surface area (Å²) in [6.07, 6.45) is -21.5. The molecule has 5 heterocycles. The molecule has 26 atom stereocenters. The highest BCUT2D eigenvalue weighted by Crippen LogP contribution is 2.83. The second-order valence-corrected chi connectivity index (χ2v) is 24.4. The summed E-state index contributed by atoms with van der Waals surface area (Å²) in [7, 11) is 0. The fraction of sp³-hybridized carbons (Fsp3) is 0.958. The zero-order valence-corrected chi connectivity index (χ0v) is 40.0. The minimum absolute atomic E-state index is 0.00665. The average Bonchev–Trinajstić information content (AvgIpc) is 4.04. The molecule has 20 nitrogen and oxygen atoms in total. The Labute approximate surface area is 395 Å². The maximum atomic E-state index is 14.2. The number of hydrogen-bond donors (Lipinski definition) is 10. The van der Waals surface area contributed by atoms with Crippen LogP contribution in [0, 0.1) is 50.2 Å². The van der Waals surface area contributed by atoms with Crippen LogP contribution in [0.2, 0.25) is 0 Å². The van der Waals surface area contributed by atoms with Gasteiger partial charge >= 0.3 is 11.9 Å². The quantitative estimate of drug-likeness (QED) is 0.0788. The first-order valence-corrected chi connectivity index (χ1v) is 24.8. The molecule has 0 aromatic rings. The highest BCUT2D eigenvalue weighted by Gasteiger charge is 2.89. The summed E-state index contributed by atoms with van der Waals surface area (Å²) >= 11 is 0. The van der Waals surface area contributed by atoms with Crippen molar-refractivity contribution in [2.75, 3.05) is 13.2 Å². The Morgan fingerprint density at radius 3 is 1.81 bits per heavy atom. The molecule has 0 amide bonds. The second kappa shape index (κ2) is 16.4. The van der Waals surface area contributed by atoms with Gasteiger partial charge in [-0.05, 0) is 91.3 Å². The molecule has 10 aliphatic rings. The van der Waals surface area contributed by atoms with E-state index in [1.807, 2.05) is 0 Å². The van der Waals surface area contributed by atoms with E-state index < -0.39 is 134 Å². The number of ether oxygens (including phenoxy) is 8. The molecule has 0 unspecified atom stereocenters. The van der Waals surface area contributed by atoms with Crippen LogP contribution in [0.25, 0.3) is 0 Å². The zero-order chi connectivity index (χ0) is 49.2.